The van der Waals surface area contributed by atoms with Gasteiger partial charge in [0.2, 0.25) is 0 Å². The van der Waals surface area contributed by atoms with E-state index in [1.807, 2.05) is 29.5 Å². The first-order valence-corrected chi connectivity index (χ1v) is 6.78. The van der Waals surface area contributed by atoms with Gasteiger partial charge in [0, 0.05) is 38.4 Å². The third kappa shape index (κ3) is 2.92. The lowest BCUT2D eigenvalue weighted by molar-refractivity contribution is 0.0763. The van der Waals surface area contributed by atoms with Crippen LogP contribution in [0, 0.1) is 5.92 Å². The average Bonchev–Trinajstić information content (AvgIpc) is 2.95. The van der Waals surface area contributed by atoms with Crippen molar-refractivity contribution in [2.75, 3.05) is 32.5 Å². The molecule has 106 valence electrons. The van der Waals surface area contributed by atoms with Gasteiger partial charge in [-0.25, -0.2) is 0 Å². The molecule has 0 bridgehead atoms. The summed E-state index contributed by atoms with van der Waals surface area (Å²) in [7, 11) is 1.70. The fourth-order valence-corrected chi connectivity index (χ4v) is 2.65. The van der Waals surface area contributed by atoms with Gasteiger partial charge in [-0.05, 0) is 26.3 Å². The van der Waals surface area contributed by atoms with E-state index >= 15 is 0 Å². The van der Waals surface area contributed by atoms with Crippen molar-refractivity contribution in [2.24, 2.45) is 5.92 Å². The van der Waals surface area contributed by atoms with Gasteiger partial charge in [0.1, 0.15) is 5.69 Å². The predicted molar refractivity (Wildman–Crippen MR) is 75.1 cm³/mol. The number of nitrogens with two attached hydrogens (primary N) is 1. The minimum absolute atomic E-state index is 0.0732. The van der Waals surface area contributed by atoms with Crippen LogP contribution in [-0.2, 0) is 4.74 Å². The molecule has 1 aliphatic heterocycles. The lowest BCUT2D eigenvalue weighted by atomic mass is 10.1. The summed E-state index contributed by atoms with van der Waals surface area (Å²) in [5.74, 6) is 0.526. The Morgan fingerprint density at radius 1 is 1.58 bits per heavy atom. The molecule has 1 fully saturated rings. The van der Waals surface area contributed by atoms with Gasteiger partial charge >= 0.3 is 0 Å². The van der Waals surface area contributed by atoms with Crippen LogP contribution < -0.4 is 5.73 Å². The molecular weight excluding hydrogens is 242 g/mol. The largest absolute Gasteiger partial charge is 0.397 e. The molecular formula is C14H23N3O2. The lowest BCUT2D eigenvalue weighted by Crippen LogP contribution is -2.31. The number of carbonyl (C=O) groups excluding carboxylic acids is 1. The van der Waals surface area contributed by atoms with E-state index in [9.17, 15) is 4.79 Å². The van der Waals surface area contributed by atoms with Crippen molar-refractivity contribution in [2.45, 2.75) is 26.3 Å². The summed E-state index contributed by atoms with van der Waals surface area (Å²) in [6.07, 6.45) is 2.85. The highest BCUT2D eigenvalue weighted by Crippen LogP contribution is 2.22. The van der Waals surface area contributed by atoms with Crippen molar-refractivity contribution in [3.63, 3.8) is 0 Å². The Kier molecular flexibility index (Phi) is 4.14. The third-order valence-corrected chi connectivity index (χ3v) is 3.62. The molecule has 5 nitrogen and oxygen atoms in total. The summed E-state index contributed by atoms with van der Waals surface area (Å²) in [6.45, 7) is 6.39. The molecule has 1 atom stereocenters. The Balaban J connectivity index is 2.12. The number of hydrogen-bond acceptors (Lipinski definition) is 3. The van der Waals surface area contributed by atoms with Crippen LogP contribution in [-0.4, -0.2) is 42.2 Å². The predicted octanol–water partition coefficient (Wildman–Crippen LogP) is 1.76. The molecule has 5 heteroatoms. The van der Waals surface area contributed by atoms with E-state index in [0.29, 0.717) is 17.3 Å². The van der Waals surface area contributed by atoms with E-state index in [2.05, 4.69) is 0 Å². The highest BCUT2D eigenvalue weighted by Gasteiger charge is 2.28. The number of nitrogen functional groups attached to an aromatic ring is 1. The van der Waals surface area contributed by atoms with Crippen molar-refractivity contribution < 1.29 is 9.53 Å². The Morgan fingerprint density at radius 2 is 2.32 bits per heavy atom. The van der Waals surface area contributed by atoms with E-state index in [1.165, 1.54) is 0 Å². The summed E-state index contributed by atoms with van der Waals surface area (Å²) in [4.78, 5) is 14.4. The molecule has 1 aromatic heterocycles. The average molecular weight is 265 g/mol. The van der Waals surface area contributed by atoms with Crippen LogP contribution in [0.15, 0.2) is 12.3 Å². The highest BCUT2D eigenvalue weighted by atomic mass is 16.5. The van der Waals surface area contributed by atoms with Gasteiger partial charge in [0.15, 0.2) is 0 Å². The second-order valence-corrected chi connectivity index (χ2v) is 5.52. The molecule has 0 aromatic carbocycles. The maximum Gasteiger partial charge on any atom is 0.270 e. The number of likely N-dealkylation sites (tertiary alicyclic amines) is 1. The minimum atomic E-state index is 0.0732. The van der Waals surface area contributed by atoms with E-state index in [1.54, 1.807) is 13.2 Å². The summed E-state index contributed by atoms with van der Waals surface area (Å²) in [5.41, 5.74) is 7.15. The number of rotatable bonds is 4. The molecule has 1 aromatic rings. The second-order valence-electron chi connectivity index (χ2n) is 5.52. The standard InChI is InChI=1S/C14H23N3O2/c1-10(2)17-8-12(15)6-13(17)14(18)16-5-4-11(7-16)9-19-3/h6,8,10-11H,4-5,7,9,15H2,1-3H3. The quantitative estimate of drug-likeness (QED) is 0.902. The van der Waals surface area contributed by atoms with Gasteiger partial charge in [0.25, 0.3) is 5.91 Å². The van der Waals surface area contributed by atoms with Crippen molar-refractivity contribution in [1.82, 2.24) is 9.47 Å². The summed E-state index contributed by atoms with van der Waals surface area (Å²) < 4.78 is 7.11. The molecule has 1 amide bonds. The maximum absolute atomic E-state index is 12.5. The van der Waals surface area contributed by atoms with Gasteiger partial charge < -0.3 is 19.9 Å². The summed E-state index contributed by atoms with van der Waals surface area (Å²) in [6, 6.07) is 2.00. The number of carbonyl (C=O) groups is 1. The number of methoxy groups -OCH3 is 1. The zero-order valence-corrected chi connectivity index (χ0v) is 11.9. The summed E-state index contributed by atoms with van der Waals surface area (Å²) in [5, 5.41) is 0. The first-order chi connectivity index (χ1) is 9.02. The Labute approximate surface area is 114 Å². The molecule has 0 aliphatic carbocycles. The fourth-order valence-electron chi connectivity index (χ4n) is 2.65. The first kappa shape index (κ1) is 13.9. The topological polar surface area (TPSA) is 60.5 Å². The number of ether oxygens (including phenoxy) is 1. The number of aromatic nitrogens is 1. The Bertz CT molecular complexity index is 454. The van der Waals surface area contributed by atoms with Crippen molar-refractivity contribution in [1.29, 1.82) is 0 Å². The zero-order valence-electron chi connectivity index (χ0n) is 11.9. The molecule has 2 N–H and O–H groups in total. The number of nitrogens with zero attached hydrogens (tertiary/aromatic N) is 2. The van der Waals surface area contributed by atoms with Crippen molar-refractivity contribution in [3.8, 4) is 0 Å². The Morgan fingerprint density at radius 3 is 2.95 bits per heavy atom. The molecule has 1 aliphatic rings. The van der Waals surface area contributed by atoms with Crippen LogP contribution >= 0.6 is 0 Å². The zero-order chi connectivity index (χ0) is 14.0. The molecule has 2 rings (SSSR count). The SMILES string of the molecule is COCC1CCN(C(=O)c2cc(N)cn2C(C)C)C1. The van der Waals surface area contributed by atoms with E-state index < -0.39 is 0 Å². The molecule has 0 radical (unpaired) electrons. The van der Waals surface area contributed by atoms with Crippen LogP contribution in [0.25, 0.3) is 0 Å². The number of anilines is 1. The first-order valence-electron chi connectivity index (χ1n) is 6.78. The van der Waals surface area contributed by atoms with E-state index in [0.717, 1.165) is 26.1 Å². The summed E-state index contributed by atoms with van der Waals surface area (Å²) >= 11 is 0. The van der Waals surface area contributed by atoms with Crippen molar-refractivity contribution >= 4 is 11.6 Å². The molecule has 1 saturated heterocycles. The van der Waals surface area contributed by atoms with Crippen LogP contribution in [0.4, 0.5) is 5.69 Å². The molecule has 1 unspecified atom stereocenters. The Hall–Kier alpha value is -1.49. The minimum Gasteiger partial charge on any atom is -0.397 e. The van der Waals surface area contributed by atoms with Crippen LogP contribution in [0.3, 0.4) is 0 Å². The maximum atomic E-state index is 12.5. The van der Waals surface area contributed by atoms with Gasteiger partial charge in [0.05, 0.1) is 12.3 Å². The molecule has 0 saturated carbocycles. The highest BCUT2D eigenvalue weighted by molar-refractivity contribution is 5.94. The van der Waals surface area contributed by atoms with Gasteiger partial charge in [-0.2, -0.15) is 0 Å². The van der Waals surface area contributed by atoms with Gasteiger partial charge in [-0.1, -0.05) is 0 Å². The van der Waals surface area contributed by atoms with Crippen LogP contribution in [0.2, 0.25) is 0 Å². The number of hydrogen-bond donors (Lipinski definition) is 1. The van der Waals surface area contributed by atoms with E-state index in [4.69, 9.17) is 10.5 Å². The van der Waals surface area contributed by atoms with E-state index in [-0.39, 0.29) is 11.9 Å². The fraction of sp³-hybridized carbons (Fsp3) is 0.643. The van der Waals surface area contributed by atoms with Gasteiger partial charge in [-0.3, -0.25) is 4.79 Å². The number of amides is 1. The van der Waals surface area contributed by atoms with Gasteiger partial charge in [-0.15, -0.1) is 0 Å². The van der Waals surface area contributed by atoms with Crippen molar-refractivity contribution in [3.05, 3.63) is 18.0 Å². The molecule has 0 spiro atoms. The van der Waals surface area contributed by atoms with Crippen LogP contribution in [0.5, 0.6) is 0 Å². The molecule has 19 heavy (non-hydrogen) atoms. The normalized spacial score (nSPS) is 19.4. The third-order valence-electron chi connectivity index (χ3n) is 3.62. The second kappa shape index (κ2) is 5.65. The monoisotopic (exact) mass is 265 g/mol. The van der Waals surface area contributed by atoms with Crippen LogP contribution in [0.1, 0.15) is 36.8 Å². The molecule has 2 heterocycles. The smallest absolute Gasteiger partial charge is 0.270 e. The lowest BCUT2D eigenvalue weighted by Gasteiger charge is -2.19.